The summed E-state index contributed by atoms with van der Waals surface area (Å²) in [5.41, 5.74) is 1.55. The van der Waals surface area contributed by atoms with E-state index in [1.807, 2.05) is 0 Å². The number of aliphatic hydroxyl groups is 1. The van der Waals surface area contributed by atoms with Crippen LogP contribution in [0.25, 0.3) is 0 Å². The molecule has 0 amide bonds. The SMILES string of the molecule is CC1(C)C(NCC2CC(O)CN2Cc2ccccc2)C2CCOC21. The van der Waals surface area contributed by atoms with Crippen molar-refractivity contribution in [1.82, 2.24) is 10.2 Å². The van der Waals surface area contributed by atoms with Crippen molar-refractivity contribution in [3.05, 3.63) is 35.9 Å². The molecule has 0 spiro atoms. The number of ether oxygens (including phenoxy) is 1. The molecular formula is C20H30N2O2. The maximum absolute atomic E-state index is 10.1. The maximum Gasteiger partial charge on any atom is 0.0685 e. The fraction of sp³-hybridized carbons (Fsp3) is 0.700. The van der Waals surface area contributed by atoms with Crippen LogP contribution in [0.2, 0.25) is 0 Å². The summed E-state index contributed by atoms with van der Waals surface area (Å²) >= 11 is 0. The molecule has 2 aliphatic heterocycles. The van der Waals surface area contributed by atoms with E-state index in [1.54, 1.807) is 0 Å². The number of nitrogens with one attached hydrogen (secondary N) is 1. The second-order valence-electron chi connectivity index (χ2n) is 8.41. The first-order valence-electron chi connectivity index (χ1n) is 9.36. The number of fused-ring (bicyclic) bond motifs is 1. The lowest BCUT2D eigenvalue weighted by Gasteiger charge is -2.55. The van der Waals surface area contributed by atoms with Crippen molar-refractivity contribution in [2.24, 2.45) is 11.3 Å². The second-order valence-corrected chi connectivity index (χ2v) is 8.41. The second kappa shape index (κ2) is 6.41. The summed E-state index contributed by atoms with van der Waals surface area (Å²) in [6, 6.07) is 11.5. The third kappa shape index (κ3) is 2.90. The highest BCUT2D eigenvalue weighted by Crippen LogP contribution is 2.52. The lowest BCUT2D eigenvalue weighted by atomic mass is 9.57. The van der Waals surface area contributed by atoms with Crippen molar-refractivity contribution in [3.8, 4) is 0 Å². The van der Waals surface area contributed by atoms with Crippen molar-refractivity contribution < 1.29 is 9.84 Å². The van der Waals surface area contributed by atoms with Gasteiger partial charge in [0, 0.05) is 49.7 Å². The van der Waals surface area contributed by atoms with Gasteiger partial charge in [-0.2, -0.15) is 0 Å². The van der Waals surface area contributed by atoms with Gasteiger partial charge >= 0.3 is 0 Å². The van der Waals surface area contributed by atoms with Crippen molar-refractivity contribution in [2.75, 3.05) is 19.7 Å². The minimum Gasteiger partial charge on any atom is -0.392 e. The van der Waals surface area contributed by atoms with E-state index in [9.17, 15) is 5.11 Å². The number of rotatable bonds is 5. The van der Waals surface area contributed by atoms with E-state index in [0.717, 1.165) is 32.7 Å². The molecule has 1 aromatic carbocycles. The summed E-state index contributed by atoms with van der Waals surface area (Å²) in [6.07, 6.45) is 2.30. The molecule has 4 rings (SSSR count). The number of aliphatic hydroxyl groups excluding tert-OH is 1. The zero-order chi connectivity index (χ0) is 16.7. The van der Waals surface area contributed by atoms with Gasteiger partial charge in [-0.05, 0) is 18.4 Å². The topological polar surface area (TPSA) is 44.7 Å². The molecule has 4 nitrogen and oxygen atoms in total. The predicted octanol–water partition coefficient (Wildman–Crippen LogP) is 2.02. The van der Waals surface area contributed by atoms with Crippen LogP contribution in [0.3, 0.4) is 0 Å². The summed E-state index contributed by atoms with van der Waals surface area (Å²) < 4.78 is 5.90. The molecule has 2 N–H and O–H groups in total. The van der Waals surface area contributed by atoms with Crippen LogP contribution in [0, 0.1) is 11.3 Å². The standard InChI is InChI=1S/C20H30N2O2/c1-20(2)18(17-8-9-24-19(17)20)21-11-15-10-16(23)13-22(15)12-14-6-4-3-5-7-14/h3-7,15-19,21,23H,8-13H2,1-2H3. The highest BCUT2D eigenvalue weighted by Gasteiger charge is 2.59. The molecule has 0 aromatic heterocycles. The van der Waals surface area contributed by atoms with Crippen LogP contribution in [0.4, 0.5) is 0 Å². The molecule has 2 heterocycles. The van der Waals surface area contributed by atoms with E-state index < -0.39 is 0 Å². The minimum atomic E-state index is -0.197. The molecule has 24 heavy (non-hydrogen) atoms. The average Bonchev–Trinajstić information content (AvgIpc) is 3.14. The first kappa shape index (κ1) is 16.5. The molecule has 2 saturated heterocycles. The van der Waals surface area contributed by atoms with Gasteiger partial charge < -0.3 is 15.2 Å². The lowest BCUT2D eigenvalue weighted by molar-refractivity contribution is -0.113. The molecular weight excluding hydrogens is 300 g/mol. The van der Waals surface area contributed by atoms with Crippen molar-refractivity contribution >= 4 is 0 Å². The zero-order valence-electron chi connectivity index (χ0n) is 14.8. The van der Waals surface area contributed by atoms with Crippen LogP contribution < -0.4 is 5.32 Å². The number of likely N-dealkylation sites (tertiary alicyclic amines) is 1. The van der Waals surface area contributed by atoms with E-state index in [2.05, 4.69) is 54.4 Å². The Hall–Kier alpha value is -0.940. The van der Waals surface area contributed by atoms with Crippen LogP contribution in [0.5, 0.6) is 0 Å². The average molecular weight is 330 g/mol. The minimum absolute atomic E-state index is 0.197. The van der Waals surface area contributed by atoms with Crippen molar-refractivity contribution in [1.29, 1.82) is 0 Å². The first-order valence-corrected chi connectivity index (χ1v) is 9.36. The third-order valence-corrected chi connectivity index (χ3v) is 6.41. The molecule has 1 aromatic rings. The monoisotopic (exact) mass is 330 g/mol. The third-order valence-electron chi connectivity index (χ3n) is 6.41. The number of hydrogen-bond donors (Lipinski definition) is 2. The van der Waals surface area contributed by atoms with Crippen LogP contribution in [0.15, 0.2) is 30.3 Å². The van der Waals surface area contributed by atoms with Gasteiger partial charge in [0.05, 0.1) is 12.2 Å². The van der Waals surface area contributed by atoms with Gasteiger partial charge in [0.15, 0.2) is 0 Å². The molecule has 1 aliphatic carbocycles. The number of β-amino-alcohol motifs (C(OH)–C–C–N with tert-alkyl or cyclic N) is 1. The lowest BCUT2D eigenvalue weighted by Crippen LogP contribution is -2.66. The summed E-state index contributed by atoms with van der Waals surface area (Å²) in [4.78, 5) is 2.43. The Labute approximate surface area is 145 Å². The van der Waals surface area contributed by atoms with Crippen LogP contribution in [-0.4, -0.2) is 54.0 Å². The molecule has 3 fully saturated rings. The Balaban J connectivity index is 1.36. The molecule has 4 heteroatoms. The number of hydrogen-bond acceptors (Lipinski definition) is 4. The van der Waals surface area contributed by atoms with E-state index in [4.69, 9.17) is 4.74 Å². The van der Waals surface area contributed by atoms with Crippen LogP contribution in [-0.2, 0) is 11.3 Å². The summed E-state index contributed by atoms with van der Waals surface area (Å²) in [5.74, 6) is 0.675. The Kier molecular flexibility index (Phi) is 4.42. The fourth-order valence-corrected chi connectivity index (χ4v) is 5.18. The van der Waals surface area contributed by atoms with Gasteiger partial charge in [0.2, 0.25) is 0 Å². The van der Waals surface area contributed by atoms with E-state index in [0.29, 0.717) is 24.1 Å². The molecule has 132 valence electrons. The fourth-order valence-electron chi connectivity index (χ4n) is 5.18. The molecule has 5 atom stereocenters. The Morgan fingerprint density at radius 1 is 1.29 bits per heavy atom. The van der Waals surface area contributed by atoms with Crippen molar-refractivity contribution in [3.63, 3.8) is 0 Å². The molecule has 1 saturated carbocycles. The quantitative estimate of drug-likeness (QED) is 0.867. The molecule has 3 aliphatic rings. The van der Waals surface area contributed by atoms with E-state index in [-0.39, 0.29) is 11.5 Å². The molecule has 5 unspecified atom stereocenters. The van der Waals surface area contributed by atoms with E-state index >= 15 is 0 Å². The molecule has 0 radical (unpaired) electrons. The highest BCUT2D eigenvalue weighted by atomic mass is 16.5. The predicted molar refractivity (Wildman–Crippen MR) is 94.7 cm³/mol. The molecule has 0 bridgehead atoms. The van der Waals surface area contributed by atoms with Gasteiger partial charge in [-0.15, -0.1) is 0 Å². The van der Waals surface area contributed by atoms with Gasteiger partial charge in [-0.3, -0.25) is 4.90 Å². The van der Waals surface area contributed by atoms with E-state index in [1.165, 1.54) is 12.0 Å². The van der Waals surface area contributed by atoms with Gasteiger partial charge in [-0.25, -0.2) is 0 Å². The maximum atomic E-state index is 10.1. The van der Waals surface area contributed by atoms with Crippen LogP contribution >= 0.6 is 0 Å². The first-order chi connectivity index (χ1) is 11.6. The number of nitrogens with zero attached hydrogens (tertiary/aromatic N) is 1. The summed E-state index contributed by atoms with van der Waals surface area (Å²) in [6.45, 7) is 8.23. The Bertz CT molecular complexity index is 562. The normalized spacial score (nSPS) is 38.0. The van der Waals surface area contributed by atoms with Crippen LogP contribution in [0.1, 0.15) is 32.3 Å². The largest absolute Gasteiger partial charge is 0.392 e. The van der Waals surface area contributed by atoms with Gasteiger partial charge in [0.1, 0.15) is 0 Å². The van der Waals surface area contributed by atoms with Gasteiger partial charge in [0.25, 0.3) is 0 Å². The Morgan fingerprint density at radius 2 is 2.08 bits per heavy atom. The van der Waals surface area contributed by atoms with Crippen molar-refractivity contribution in [2.45, 2.75) is 57.5 Å². The van der Waals surface area contributed by atoms with Gasteiger partial charge in [-0.1, -0.05) is 44.2 Å². The Morgan fingerprint density at radius 3 is 2.88 bits per heavy atom. The zero-order valence-corrected chi connectivity index (χ0v) is 14.8. The number of benzene rings is 1. The summed E-state index contributed by atoms with van der Waals surface area (Å²) in [5, 5.41) is 14.0. The smallest absolute Gasteiger partial charge is 0.0685 e. The summed E-state index contributed by atoms with van der Waals surface area (Å²) in [7, 11) is 0. The highest BCUT2D eigenvalue weighted by molar-refractivity contribution is 5.15.